The molecule has 1 atom stereocenters. The van der Waals surface area contributed by atoms with Gasteiger partial charge in [0.1, 0.15) is 5.75 Å². The van der Waals surface area contributed by atoms with Crippen molar-refractivity contribution in [3.8, 4) is 5.75 Å². The standard InChI is InChI=1S/C18H18INO4/c1-3-23-14-10-8-13(9-11-14)20-17(21)12(2)24-18(22)15-6-4-5-7-16(15)19/h4-12H,3H2,1-2H3,(H,20,21). The number of nitrogens with one attached hydrogen (secondary N) is 1. The number of halogens is 1. The van der Waals surface area contributed by atoms with E-state index in [0.29, 0.717) is 17.9 Å². The van der Waals surface area contributed by atoms with Gasteiger partial charge in [0.2, 0.25) is 0 Å². The molecule has 0 bridgehead atoms. The molecule has 0 radical (unpaired) electrons. The van der Waals surface area contributed by atoms with Crippen molar-refractivity contribution in [2.45, 2.75) is 20.0 Å². The molecule has 24 heavy (non-hydrogen) atoms. The van der Waals surface area contributed by atoms with E-state index in [2.05, 4.69) is 27.9 Å². The Hall–Kier alpha value is -2.09. The van der Waals surface area contributed by atoms with Crippen LogP contribution in [0.25, 0.3) is 0 Å². The van der Waals surface area contributed by atoms with Crippen LogP contribution in [0.5, 0.6) is 5.75 Å². The van der Waals surface area contributed by atoms with Crippen LogP contribution in [0.15, 0.2) is 48.5 Å². The van der Waals surface area contributed by atoms with E-state index in [1.54, 1.807) is 36.4 Å². The second kappa shape index (κ2) is 8.68. The number of hydrogen-bond acceptors (Lipinski definition) is 4. The Morgan fingerprint density at radius 1 is 1.12 bits per heavy atom. The first-order valence-electron chi connectivity index (χ1n) is 7.50. The molecule has 2 aromatic rings. The van der Waals surface area contributed by atoms with Crippen LogP contribution in [-0.4, -0.2) is 24.6 Å². The normalized spacial score (nSPS) is 11.5. The molecule has 0 heterocycles. The minimum atomic E-state index is -0.903. The van der Waals surface area contributed by atoms with E-state index in [4.69, 9.17) is 9.47 Å². The zero-order chi connectivity index (χ0) is 17.5. The average molecular weight is 439 g/mol. The minimum absolute atomic E-state index is 0.390. The third-order valence-electron chi connectivity index (χ3n) is 3.18. The molecule has 2 aromatic carbocycles. The molecule has 0 spiro atoms. The van der Waals surface area contributed by atoms with Crippen molar-refractivity contribution < 1.29 is 19.1 Å². The Bertz CT molecular complexity index is 715. The van der Waals surface area contributed by atoms with Crippen molar-refractivity contribution in [3.05, 3.63) is 57.7 Å². The van der Waals surface area contributed by atoms with Gasteiger partial charge in [-0.3, -0.25) is 4.79 Å². The van der Waals surface area contributed by atoms with E-state index in [0.717, 1.165) is 9.32 Å². The lowest BCUT2D eigenvalue weighted by molar-refractivity contribution is -0.123. The summed E-state index contributed by atoms with van der Waals surface area (Å²) in [7, 11) is 0. The van der Waals surface area contributed by atoms with Crippen molar-refractivity contribution in [3.63, 3.8) is 0 Å². The quantitative estimate of drug-likeness (QED) is 0.549. The Labute approximate surface area is 154 Å². The molecule has 1 amide bonds. The maximum absolute atomic E-state index is 12.2. The molecule has 0 aliphatic carbocycles. The first-order chi connectivity index (χ1) is 11.5. The van der Waals surface area contributed by atoms with Gasteiger partial charge in [-0.1, -0.05) is 12.1 Å². The van der Waals surface area contributed by atoms with Gasteiger partial charge in [0.15, 0.2) is 6.10 Å². The zero-order valence-electron chi connectivity index (χ0n) is 13.4. The highest BCUT2D eigenvalue weighted by molar-refractivity contribution is 14.1. The number of amides is 1. The molecular formula is C18H18INO4. The number of carbonyl (C=O) groups excluding carboxylic acids is 2. The van der Waals surface area contributed by atoms with Crippen LogP contribution in [0.2, 0.25) is 0 Å². The van der Waals surface area contributed by atoms with Gasteiger partial charge < -0.3 is 14.8 Å². The fourth-order valence-corrected chi connectivity index (χ4v) is 2.56. The van der Waals surface area contributed by atoms with Gasteiger partial charge in [-0.25, -0.2) is 4.79 Å². The summed E-state index contributed by atoms with van der Waals surface area (Å²) in [6.45, 7) is 4.02. The largest absolute Gasteiger partial charge is 0.494 e. The average Bonchev–Trinajstić information content (AvgIpc) is 2.57. The van der Waals surface area contributed by atoms with Gasteiger partial charge in [0, 0.05) is 9.26 Å². The van der Waals surface area contributed by atoms with Crippen LogP contribution in [0.3, 0.4) is 0 Å². The molecule has 1 unspecified atom stereocenters. The van der Waals surface area contributed by atoms with Crippen LogP contribution >= 0.6 is 22.6 Å². The number of ether oxygens (including phenoxy) is 2. The van der Waals surface area contributed by atoms with Crippen LogP contribution < -0.4 is 10.1 Å². The topological polar surface area (TPSA) is 64.6 Å². The maximum Gasteiger partial charge on any atom is 0.339 e. The first kappa shape index (κ1) is 18.3. The van der Waals surface area contributed by atoms with E-state index in [1.165, 1.54) is 6.92 Å². The Morgan fingerprint density at radius 2 is 1.79 bits per heavy atom. The Morgan fingerprint density at radius 3 is 2.42 bits per heavy atom. The van der Waals surface area contributed by atoms with Crippen molar-refractivity contribution in [1.82, 2.24) is 0 Å². The summed E-state index contributed by atoms with van der Waals surface area (Å²) in [5, 5.41) is 2.71. The smallest absolute Gasteiger partial charge is 0.339 e. The lowest BCUT2D eigenvalue weighted by Crippen LogP contribution is -2.30. The maximum atomic E-state index is 12.2. The van der Waals surface area contributed by atoms with Crippen LogP contribution in [0.4, 0.5) is 5.69 Å². The number of esters is 1. The summed E-state index contributed by atoms with van der Waals surface area (Å²) >= 11 is 2.05. The first-order valence-corrected chi connectivity index (χ1v) is 8.58. The number of benzene rings is 2. The summed E-state index contributed by atoms with van der Waals surface area (Å²) in [5.74, 6) is -0.179. The van der Waals surface area contributed by atoms with Gasteiger partial charge in [0.25, 0.3) is 5.91 Å². The van der Waals surface area contributed by atoms with Gasteiger partial charge in [0.05, 0.1) is 12.2 Å². The molecule has 2 rings (SSSR count). The molecule has 0 fully saturated rings. The van der Waals surface area contributed by atoms with Gasteiger partial charge in [-0.15, -0.1) is 0 Å². The molecule has 0 aliphatic rings. The molecule has 5 nitrogen and oxygen atoms in total. The zero-order valence-corrected chi connectivity index (χ0v) is 15.6. The lowest BCUT2D eigenvalue weighted by atomic mass is 10.2. The van der Waals surface area contributed by atoms with Crippen molar-refractivity contribution in [1.29, 1.82) is 0 Å². The molecule has 6 heteroatoms. The second-order valence-corrected chi connectivity index (χ2v) is 6.14. The lowest BCUT2D eigenvalue weighted by Gasteiger charge is -2.14. The molecule has 0 aromatic heterocycles. The Kier molecular flexibility index (Phi) is 6.60. The predicted molar refractivity (Wildman–Crippen MR) is 100 cm³/mol. The highest BCUT2D eigenvalue weighted by Gasteiger charge is 2.20. The van der Waals surface area contributed by atoms with Crippen LogP contribution in [-0.2, 0) is 9.53 Å². The van der Waals surface area contributed by atoms with Gasteiger partial charge >= 0.3 is 5.97 Å². The van der Waals surface area contributed by atoms with Crippen molar-refractivity contribution in [2.24, 2.45) is 0 Å². The summed E-state index contributed by atoms with van der Waals surface area (Å²) in [4.78, 5) is 24.3. The molecular weight excluding hydrogens is 421 g/mol. The number of anilines is 1. The van der Waals surface area contributed by atoms with Crippen molar-refractivity contribution >= 4 is 40.2 Å². The van der Waals surface area contributed by atoms with Gasteiger partial charge in [-0.05, 0) is 72.8 Å². The summed E-state index contributed by atoms with van der Waals surface area (Å²) < 4.78 is 11.4. The highest BCUT2D eigenvalue weighted by atomic mass is 127. The highest BCUT2D eigenvalue weighted by Crippen LogP contribution is 2.17. The number of rotatable bonds is 6. The molecule has 0 saturated carbocycles. The van der Waals surface area contributed by atoms with E-state index in [9.17, 15) is 9.59 Å². The summed E-state index contributed by atoms with van der Waals surface area (Å²) in [6, 6.07) is 14.1. The molecule has 0 saturated heterocycles. The SMILES string of the molecule is CCOc1ccc(NC(=O)C(C)OC(=O)c2ccccc2I)cc1. The van der Waals surface area contributed by atoms with Crippen LogP contribution in [0, 0.1) is 3.57 Å². The predicted octanol–water partition coefficient (Wildman–Crippen LogP) is 3.87. The minimum Gasteiger partial charge on any atom is -0.494 e. The van der Waals surface area contributed by atoms with Crippen molar-refractivity contribution in [2.75, 3.05) is 11.9 Å². The third kappa shape index (κ3) is 4.95. The fraction of sp³-hybridized carbons (Fsp3) is 0.222. The monoisotopic (exact) mass is 439 g/mol. The fourth-order valence-electron chi connectivity index (χ4n) is 1.95. The second-order valence-electron chi connectivity index (χ2n) is 4.97. The molecule has 0 aliphatic heterocycles. The molecule has 1 N–H and O–H groups in total. The number of carbonyl (C=O) groups is 2. The van der Waals surface area contributed by atoms with E-state index >= 15 is 0 Å². The third-order valence-corrected chi connectivity index (χ3v) is 4.12. The van der Waals surface area contributed by atoms with E-state index in [1.807, 2.05) is 19.1 Å². The van der Waals surface area contributed by atoms with E-state index < -0.39 is 18.0 Å². The van der Waals surface area contributed by atoms with E-state index in [-0.39, 0.29) is 0 Å². The summed E-state index contributed by atoms with van der Waals surface area (Å²) in [5.41, 5.74) is 1.06. The molecule has 126 valence electrons. The van der Waals surface area contributed by atoms with Gasteiger partial charge in [-0.2, -0.15) is 0 Å². The Balaban J connectivity index is 1.94. The summed E-state index contributed by atoms with van der Waals surface area (Å²) in [6.07, 6.45) is -0.903. The number of hydrogen-bond donors (Lipinski definition) is 1. The van der Waals surface area contributed by atoms with Crippen LogP contribution in [0.1, 0.15) is 24.2 Å².